The molecule has 1 aromatic rings. The molecule has 1 heterocycles. The van der Waals surface area contributed by atoms with Crippen LogP contribution < -0.4 is 10.6 Å². The molecule has 0 bridgehead atoms. The van der Waals surface area contributed by atoms with Crippen molar-refractivity contribution in [1.82, 2.24) is 0 Å². The third kappa shape index (κ3) is 1.45. The molecule has 0 spiro atoms. The molecular formula is C12H18N2. The SMILES string of the molecule is CCC(CC)c1cccc2c1NCN2. The highest BCUT2D eigenvalue weighted by Crippen LogP contribution is 2.36. The summed E-state index contributed by atoms with van der Waals surface area (Å²) in [5, 5.41) is 6.74. The van der Waals surface area contributed by atoms with Gasteiger partial charge >= 0.3 is 0 Å². The van der Waals surface area contributed by atoms with E-state index in [0.29, 0.717) is 5.92 Å². The summed E-state index contributed by atoms with van der Waals surface area (Å²) in [7, 11) is 0. The Bertz CT molecular complexity index is 316. The Balaban J connectivity index is 2.38. The Hall–Kier alpha value is -1.18. The van der Waals surface area contributed by atoms with Gasteiger partial charge in [0.15, 0.2) is 0 Å². The monoisotopic (exact) mass is 190 g/mol. The minimum atomic E-state index is 0.692. The average molecular weight is 190 g/mol. The molecule has 2 rings (SSSR count). The first-order valence-corrected chi connectivity index (χ1v) is 5.47. The van der Waals surface area contributed by atoms with Gasteiger partial charge in [0.2, 0.25) is 0 Å². The molecule has 2 heteroatoms. The minimum Gasteiger partial charge on any atom is -0.366 e. The van der Waals surface area contributed by atoms with Gasteiger partial charge in [0, 0.05) is 0 Å². The van der Waals surface area contributed by atoms with Gasteiger partial charge in [-0.05, 0) is 30.4 Å². The summed E-state index contributed by atoms with van der Waals surface area (Å²) in [5.74, 6) is 0.692. The third-order valence-corrected chi connectivity index (χ3v) is 3.07. The summed E-state index contributed by atoms with van der Waals surface area (Å²) >= 11 is 0. The van der Waals surface area contributed by atoms with Crippen LogP contribution in [-0.4, -0.2) is 6.67 Å². The Morgan fingerprint density at radius 2 is 2.00 bits per heavy atom. The van der Waals surface area contributed by atoms with Crippen molar-refractivity contribution in [2.75, 3.05) is 17.3 Å². The molecule has 76 valence electrons. The highest BCUT2D eigenvalue weighted by atomic mass is 15.1. The van der Waals surface area contributed by atoms with E-state index in [-0.39, 0.29) is 0 Å². The van der Waals surface area contributed by atoms with E-state index >= 15 is 0 Å². The number of anilines is 2. The second-order valence-electron chi connectivity index (χ2n) is 3.81. The predicted molar refractivity (Wildman–Crippen MR) is 61.9 cm³/mol. The fraction of sp³-hybridized carbons (Fsp3) is 0.500. The summed E-state index contributed by atoms with van der Waals surface area (Å²) in [6.07, 6.45) is 2.43. The molecule has 1 aliphatic heterocycles. The Morgan fingerprint density at radius 3 is 2.71 bits per heavy atom. The van der Waals surface area contributed by atoms with E-state index < -0.39 is 0 Å². The van der Waals surface area contributed by atoms with Crippen LogP contribution in [0.2, 0.25) is 0 Å². The summed E-state index contributed by atoms with van der Waals surface area (Å²) in [6, 6.07) is 6.53. The van der Waals surface area contributed by atoms with Gasteiger partial charge in [-0.15, -0.1) is 0 Å². The van der Waals surface area contributed by atoms with E-state index in [1.54, 1.807) is 0 Å². The molecule has 0 saturated carbocycles. The molecule has 14 heavy (non-hydrogen) atoms. The van der Waals surface area contributed by atoms with Gasteiger partial charge in [0.05, 0.1) is 18.0 Å². The first-order valence-electron chi connectivity index (χ1n) is 5.47. The van der Waals surface area contributed by atoms with Crippen LogP contribution in [0.1, 0.15) is 38.2 Å². The molecule has 0 unspecified atom stereocenters. The van der Waals surface area contributed by atoms with Gasteiger partial charge in [-0.2, -0.15) is 0 Å². The molecule has 0 fully saturated rings. The lowest BCUT2D eigenvalue weighted by Crippen LogP contribution is -2.02. The van der Waals surface area contributed by atoms with Crippen LogP contribution in [0.4, 0.5) is 11.4 Å². The van der Waals surface area contributed by atoms with Crippen LogP contribution in [0.5, 0.6) is 0 Å². The number of para-hydroxylation sites is 1. The van der Waals surface area contributed by atoms with Crippen molar-refractivity contribution in [3.8, 4) is 0 Å². The van der Waals surface area contributed by atoms with Gasteiger partial charge in [-0.1, -0.05) is 26.0 Å². The Morgan fingerprint density at radius 1 is 1.21 bits per heavy atom. The molecular weight excluding hydrogens is 172 g/mol. The predicted octanol–water partition coefficient (Wildman–Crippen LogP) is 3.39. The fourth-order valence-electron chi connectivity index (χ4n) is 2.21. The number of nitrogens with one attached hydrogen (secondary N) is 2. The van der Waals surface area contributed by atoms with Crippen LogP contribution in [0.3, 0.4) is 0 Å². The number of rotatable bonds is 3. The minimum absolute atomic E-state index is 0.692. The van der Waals surface area contributed by atoms with Gasteiger partial charge in [-0.3, -0.25) is 0 Å². The van der Waals surface area contributed by atoms with E-state index in [9.17, 15) is 0 Å². The highest BCUT2D eigenvalue weighted by Gasteiger charge is 2.17. The van der Waals surface area contributed by atoms with Crippen molar-refractivity contribution in [2.45, 2.75) is 32.6 Å². The van der Waals surface area contributed by atoms with Gasteiger partial charge < -0.3 is 10.6 Å². The average Bonchev–Trinajstić information content (AvgIpc) is 2.68. The maximum absolute atomic E-state index is 3.41. The maximum atomic E-state index is 3.41. The summed E-state index contributed by atoms with van der Waals surface area (Å²) < 4.78 is 0. The number of hydrogen-bond acceptors (Lipinski definition) is 2. The maximum Gasteiger partial charge on any atom is 0.0850 e. The molecule has 0 aromatic heterocycles. The zero-order chi connectivity index (χ0) is 9.97. The lowest BCUT2D eigenvalue weighted by molar-refractivity contribution is 0.644. The Kier molecular flexibility index (Phi) is 2.62. The largest absolute Gasteiger partial charge is 0.366 e. The van der Waals surface area contributed by atoms with Gasteiger partial charge in [0.1, 0.15) is 0 Å². The molecule has 2 nitrogen and oxygen atoms in total. The first-order chi connectivity index (χ1) is 6.86. The molecule has 0 aliphatic carbocycles. The lowest BCUT2D eigenvalue weighted by Gasteiger charge is -2.16. The fourth-order valence-corrected chi connectivity index (χ4v) is 2.21. The molecule has 1 aliphatic rings. The van der Waals surface area contributed by atoms with Crippen molar-refractivity contribution < 1.29 is 0 Å². The zero-order valence-corrected chi connectivity index (χ0v) is 8.93. The van der Waals surface area contributed by atoms with Crippen LogP contribution in [0.15, 0.2) is 18.2 Å². The molecule has 0 atom stereocenters. The van der Waals surface area contributed by atoms with Crippen molar-refractivity contribution in [2.24, 2.45) is 0 Å². The smallest absolute Gasteiger partial charge is 0.0850 e. The topological polar surface area (TPSA) is 24.1 Å². The number of fused-ring (bicyclic) bond motifs is 1. The van der Waals surface area contributed by atoms with E-state index in [1.807, 2.05) is 0 Å². The third-order valence-electron chi connectivity index (χ3n) is 3.07. The van der Waals surface area contributed by atoms with E-state index in [1.165, 1.54) is 29.8 Å². The van der Waals surface area contributed by atoms with Crippen molar-refractivity contribution in [3.05, 3.63) is 23.8 Å². The lowest BCUT2D eigenvalue weighted by atomic mass is 9.92. The van der Waals surface area contributed by atoms with Crippen molar-refractivity contribution in [3.63, 3.8) is 0 Å². The van der Waals surface area contributed by atoms with Crippen molar-refractivity contribution >= 4 is 11.4 Å². The standard InChI is InChI=1S/C12H18N2/c1-3-9(4-2)10-6-5-7-11-12(10)14-8-13-11/h5-7,9,13-14H,3-4,8H2,1-2H3. The van der Waals surface area contributed by atoms with Gasteiger partial charge in [-0.25, -0.2) is 0 Å². The van der Waals surface area contributed by atoms with Gasteiger partial charge in [0.25, 0.3) is 0 Å². The number of benzene rings is 1. The van der Waals surface area contributed by atoms with E-state index in [2.05, 4.69) is 42.7 Å². The first kappa shape index (κ1) is 9.38. The van der Waals surface area contributed by atoms with Crippen molar-refractivity contribution in [1.29, 1.82) is 0 Å². The summed E-state index contributed by atoms with van der Waals surface area (Å²) in [4.78, 5) is 0. The molecule has 2 N–H and O–H groups in total. The molecule has 0 radical (unpaired) electrons. The van der Waals surface area contributed by atoms with E-state index in [4.69, 9.17) is 0 Å². The normalized spacial score (nSPS) is 13.6. The molecule has 1 aromatic carbocycles. The second-order valence-corrected chi connectivity index (χ2v) is 3.81. The highest BCUT2D eigenvalue weighted by molar-refractivity contribution is 5.77. The van der Waals surface area contributed by atoms with Crippen LogP contribution in [-0.2, 0) is 0 Å². The van der Waals surface area contributed by atoms with Crippen LogP contribution in [0, 0.1) is 0 Å². The zero-order valence-electron chi connectivity index (χ0n) is 8.93. The molecule has 0 saturated heterocycles. The van der Waals surface area contributed by atoms with Crippen LogP contribution >= 0.6 is 0 Å². The number of hydrogen-bond donors (Lipinski definition) is 2. The van der Waals surface area contributed by atoms with E-state index in [0.717, 1.165) is 6.67 Å². The summed E-state index contributed by atoms with van der Waals surface area (Å²) in [5.41, 5.74) is 4.05. The second kappa shape index (κ2) is 3.91. The quantitative estimate of drug-likeness (QED) is 0.763. The molecule has 0 amide bonds. The Labute approximate surface area is 85.7 Å². The summed E-state index contributed by atoms with van der Waals surface area (Å²) in [6.45, 7) is 5.39. The van der Waals surface area contributed by atoms with Crippen LogP contribution in [0.25, 0.3) is 0 Å².